The molecule has 4 aromatic rings. The van der Waals surface area contributed by atoms with Crippen molar-refractivity contribution in [3.63, 3.8) is 0 Å². The number of halogens is 2. The number of rotatable bonds is 4. The van der Waals surface area contributed by atoms with Gasteiger partial charge in [-0.2, -0.15) is 0 Å². The van der Waals surface area contributed by atoms with Crippen LogP contribution >= 0.6 is 20.2 Å². The first kappa shape index (κ1) is 26.4. The third kappa shape index (κ3) is 5.85. The first-order chi connectivity index (χ1) is 17.4. The Morgan fingerprint density at radius 1 is 0.861 bits per heavy atom. The maximum atomic E-state index is 6.21. The maximum absolute atomic E-state index is 6.21. The summed E-state index contributed by atoms with van der Waals surface area (Å²) in [5.41, 5.74) is 5.08. The summed E-state index contributed by atoms with van der Waals surface area (Å²) in [5, 5.41) is 4.65. The molecule has 0 amide bonds. The monoisotopic (exact) mass is 558 g/mol. The van der Waals surface area contributed by atoms with Crippen molar-refractivity contribution in [2.24, 2.45) is 15.9 Å². The fraction of sp³-hybridized carbons (Fsp3) is 0.200. The van der Waals surface area contributed by atoms with Gasteiger partial charge >= 0.3 is 33.3 Å². The van der Waals surface area contributed by atoms with E-state index in [-0.39, 0.29) is 13.1 Å². The van der Waals surface area contributed by atoms with Gasteiger partial charge in [0, 0.05) is 22.4 Å². The molecule has 0 fully saturated rings. The van der Waals surface area contributed by atoms with Crippen molar-refractivity contribution in [1.29, 1.82) is 0 Å². The Hall–Kier alpha value is -2.62. The van der Waals surface area contributed by atoms with Gasteiger partial charge < -0.3 is 4.42 Å². The number of allylic oxidation sites excluding steroid dienone is 4. The number of aliphatic imine (C=N–C) groups is 2. The minimum atomic E-state index is 0.194. The SMILES string of the molecule is CC(=NC1=C(C)C=CCC1C)c1ccc(C(C)=Nc2c3ccccc3cc3ccccc23)o1.[Cl][Fe][Cl]. The van der Waals surface area contributed by atoms with Gasteiger partial charge in [0.15, 0.2) is 0 Å². The van der Waals surface area contributed by atoms with Crippen LogP contribution < -0.4 is 0 Å². The molecule has 0 bridgehead atoms. The van der Waals surface area contributed by atoms with Crippen LogP contribution in [0.25, 0.3) is 21.5 Å². The Morgan fingerprint density at radius 2 is 1.39 bits per heavy atom. The normalized spacial score (nSPS) is 16.6. The van der Waals surface area contributed by atoms with Crippen LogP contribution in [0.1, 0.15) is 45.6 Å². The van der Waals surface area contributed by atoms with E-state index in [9.17, 15) is 0 Å². The Balaban J connectivity index is 0.000000967. The van der Waals surface area contributed by atoms with Gasteiger partial charge in [-0.3, -0.25) is 4.99 Å². The standard InChI is InChI=1S/C30H28N2O.2ClH.Fe/c1-19-10-9-11-20(2)29(19)31-21(3)27-16-17-28(33-27)22(4)32-30-25-14-7-5-12-23(25)18-24-13-6-8-15-26(24)30;;;/h5-10,12-18,20H,11H2,1-4H3;2*1H;/q;;;+2/p-2. The molecule has 3 aromatic carbocycles. The number of hydrogen-bond donors (Lipinski definition) is 0. The van der Waals surface area contributed by atoms with Crippen molar-refractivity contribution in [1.82, 2.24) is 0 Å². The quantitative estimate of drug-likeness (QED) is 0.139. The van der Waals surface area contributed by atoms with Crippen LogP contribution in [-0.2, 0) is 13.1 Å². The summed E-state index contributed by atoms with van der Waals surface area (Å²) >= 11 is 0.194. The van der Waals surface area contributed by atoms with E-state index in [1.165, 1.54) is 16.3 Å². The zero-order chi connectivity index (χ0) is 25.7. The molecule has 0 radical (unpaired) electrons. The minimum absolute atomic E-state index is 0.194. The third-order valence-electron chi connectivity index (χ3n) is 6.36. The Morgan fingerprint density at radius 3 is 1.94 bits per heavy atom. The molecule has 6 heteroatoms. The molecule has 1 unspecified atom stereocenters. The molecule has 3 nitrogen and oxygen atoms in total. The van der Waals surface area contributed by atoms with Crippen LogP contribution in [0.2, 0.25) is 0 Å². The van der Waals surface area contributed by atoms with Crippen LogP contribution in [0.3, 0.4) is 0 Å². The third-order valence-corrected chi connectivity index (χ3v) is 6.36. The summed E-state index contributed by atoms with van der Waals surface area (Å²) in [6.07, 6.45) is 5.40. The average Bonchev–Trinajstić information content (AvgIpc) is 3.37. The van der Waals surface area contributed by atoms with E-state index in [0.29, 0.717) is 5.92 Å². The zero-order valence-electron chi connectivity index (χ0n) is 20.7. The number of benzene rings is 3. The number of fused-ring (bicyclic) bond motifs is 2. The van der Waals surface area contributed by atoms with Gasteiger partial charge in [-0.25, -0.2) is 4.99 Å². The molecule has 0 saturated heterocycles. The van der Waals surface area contributed by atoms with E-state index in [0.717, 1.165) is 51.5 Å². The van der Waals surface area contributed by atoms with Gasteiger partial charge in [0.2, 0.25) is 0 Å². The predicted octanol–water partition coefficient (Wildman–Crippen LogP) is 9.78. The zero-order valence-corrected chi connectivity index (χ0v) is 23.3. The van der Waals surface area contributed by atoms with E-state index in [2.05, 4.69) is 80.6 Å². The van der Waals surface area contributed by atoms with Gasteiger partial charge in [0.1, 0.15) is 11.5 Å². The van der Waals surface area contributed by atoms with E-state index in [1.54, 1.807) is 0 Å². The number of nitrogens with zero attached hydrogens (tertiary/aromatic N) is 2. The van der Waals surface area contributed by atoms with Crippen molar-refractivity contribution >= 4 is 58.9 Å². The van der Waals surface area contributed by atoms with Gasteiger partial charge in [-0.15, -0.1) is 0 Å². The van der Waals surface area contributed by atoms with E-state index in [1.807, 2.05) is 26.0 Å². The van der Waals surface area contributed by atoms with Crippen molar-refractivity contribution in [3.05, 3.63) is 102 Å². The summed E-state index contributed by atoms with van der Waals surface area (Å²) < 4.78 is 6.21. The molecule has 1 aliphatic carbocycles. The van der Waals surface area contributed by atoms with Crippen LogP contribution in [0, 0.1) is 5.92 Å². The van der Waals surface area contributed by atoms with E-state index in [4.69, 9.17) is 34.6 Å². The van der Waals surface area contributed by atoms with Gasteiger partial charge in [-0.05, 0) is 61.7 Å². The predicted molar refractivity (Wildman–Crippen MR) is 152 cm³/mol. The Kier molecular flexibility index (Phi) is 8.87. The number of furan rings is 1. The molecule has 0 N–H and O–H groups in total. The molecule has 1 aromatic heterocycles. The molecule has 0 aliphatic heterocycles. The molecule has 1 heterocycles. The van der Waals surface area contributed by atoms with Gasteiger partial charge in [0.05, 0.1) is 17.1 Å². The van der Waals surface area contributed by atoms with Crippen molar-refractivity contribution in [2.75, 3.05) is 0 Å². The Labute approximate surface area is 227 Å². The van der Waals surface area contributed by atoms with Crippen LogP contribution in [0.15, 0.2) is 105 Å². The van der Waals surface area contributed by atoms with Gasteiger partial charge in [-0.1, -0.05) is 67.6 Å². The molecule has 0 spiro atoms. The molecule has 1 atom stereocenters. The molecule has 36 heavy (non-hydrogen) atoms. The van der Waals surface area contributed by atoms with Crippen LogP contribution in [0.4, 0.5) is 5.69 Å². The van der Waals surface area contributed by atoms with Crippen molar-refractivity contribution < 1.29 is 17.6 Å². The van der Waals surface area contributed by atoms with Crippen molar-refractivity contribution in [3.8, 4) is 0 Å². The second kappa shape index (κ2) is 12.1. The van der Waals surface area contributed by atoms with Crippen LogP contribution in [-0.4, -0.2) is 11.4 Å². The molecule has 5 rings (SSSR count). The molecule has 0 saturated carbocycles. The fourth-order valence-electron chi connectivity index (χ4n) is 4.53. The summed E-state index contributed by atoms with van der Waals surface area (Å²) in [7, 11) is 9.53. The Bertz CT molecular complexity index is 1460. The van der Waals surface area contributed by atoms with Crippen LogP contribution in [0.5, 0.6) is 0 Å². The first-order valence-corrected chi connectivity index (χ1v) is 14.8. The van der Waals surface area contributed by atoms with Crippen molar-refractivity contribution in [2.45, 2.75) is 34.1 Å². The molecule has 1 aliphatic rings. The molecular formula is C30H28Cl2FeN2O. The summed E-state index contributed by atoms with van der Waals surface area (Å²) in [6, 6.07) is 23.0. The second-order valence-electron chi connectivity index (χ2n) is 8.88. The fourth-order valence-corrected chi connectivity index (χ4v) is 4.53. The average molecular weight is 559 g/mol. The number of hydrogen-bond acceptors (Lipinski definition) is 3. The van der Waals surface area contributed by atoms with Gasteiger partial charge in [0.25, 0.3) is 0 Å². The van der Waals surface area contributed by atoms with E-state index >= 15 is 0 Å². The van der Waals surface area contributed by atoms with E-state index < -0.39 is 0 Å². The topological polar surface area (TPSA) is 37.9 Å². The second-order valence-corrected chi connectivity index (χ2v) is 10.7. The molecule has 186 valence electrons. The summed E-state index contributed by atoms with van der Waals surface area (Å²) in [6.45, 7) is 8.36. The molecular weight excluding hydrogens is 531 g/mol. The summed E-state index contributed by atoms with van der Waals surface area (Å²) in [5.74, 6) is 1.96. The first-order valence-electron chi connectivity index (χ1n) is 11.8. The summed E-state index contributed by atoms with van der Waals surface area (Å²) in [4.78, 5) is 9.98.